The summed E-state index contributed by atoms with van der Waals surface area (Å²) in [6, 6.07) is 8.35. The summed E-state index contributed by atoms with van der Waals surface area (Å²) in [6.07, 6.45) is 1.29. The fourth-order valence-electron chi connectivity index (χ4n) is 2.79. The Bertz CT molecular complexity index is 1060. The maximum Gasteiger partial charge on any atom is 0.284 e. The molecule has 0 aromatic heterocycles. The number of nitro groups is 1. The lowest BCUT2D eigenvalue weighted by Crippen LogP contribution is -2.48. The van der Waals surface area contributed by atoms with Crippen LogP contribution in [0, 0.1) is 16.0 Å². The Balaban J connectivity index is 1.65. The number of hydrogen-bond donors (Lipinski definition) is 2. The van der Waals surface area contributed by atoms with Crippen molar-refractivity contribution < 1.29 is 24.0 Å². The van der Waals surface area contributed by atoms with Gasteiger partial charge in [-0.05, 0) is 46.1 Å². The van der Waals surface area contributed by atoms with Crippen molar-refractivity contribution in [2.24, 2.45) is 11.0 Å². The Kier molecular flexibility index (Phi) is 6.85. The summed E-state index contributed by atoms with van der Waals surface area (Å²) in [4.78, 5) is 35.6. The van der Waals surface area contributed by atoms with Crippen LogP contribution < -0.4 is 20.2 Å². The van der Waals surface area contributed by atoms with Gasteiger partial charge in [0.15, 0.2) is 11.5 Å². The SMILES string of the molecule is CC(C)C(NC(=O)c1ccc2c(c1)OCO2)C(=O)N/N=C/c1ccc(Br)c([N+](=O)[O-])c1. The Morgan fingerprint density at radius 1 is 1.19 bits per heavy atom. The highest BCUT2D eigenvalue weighted by Crippen LogP contribution is 2.32. The van der Waals surface area contributed by atoms with Crippen LogP contribution >= 0.6 is 15.9 Å². The number of carbonyl (C=O) groups excluding carboxylic acids is 2. The molecule has 0 spiro atoms. The van der Waals surface area contributed by atoms with E-state index in [9.17, 15) is 19.7 Å². The summed E-state index contributed by atoms with van der Waals surface area (Å²) < 4.78 is 10.8. The quantitative estimate of drug-likeness (QED) is 0.348. The number of nitro benzene ring substituents is 1. The fraction of sp³-hybridized carbons (Fsp3) is 0.250. The van der Waals surface area contributed by atoms with Gasteiger partial charge in [0, 0.05) is 17.2 Å². The molecular weight excluding hydrogens is 472 g/mol. The first kappa shape index (κ1) is 22.2. The summed E-state index contributed by atoms with van der Waals surface area (Å²) >= 11 is 3.10. The van der Waals surface area contributed by atoms with Gasteiger partial charge in [0.05, 0.1) is 15.6 Å². The molecule has 0 bridgehead atoms. The van der Waals surface area contributed by atoms with Crippen molar-refractivity contribution in [1.82, 2.24) is 10.7 Å². The molecule has 1 unspecified atom stereocenters. The van der Waals surface area contributed by atoms with E-state index in [0.29, 0.717) is 27.1 Å². The zero-order chi connectivity index (χ0) is 22.5. The lowest BCUT2D eigenvalue weighted by Gasteiger charge is -2.20. The topological polar surface area (TPSA) is 132 Å². The van der Waals surface area contributed by atoms with Gasteiger partial charge >= 0.3 is 0 Å². The maximum atomic E-state index is 12.6. The van der Waals surface area contributed by atoms with Gasteiger partial charge in [0.1, 0.15) is 6.04 Å². The van der Waals surface area contributed by atoms with Crippen molar-refractivity contribution in [3.63, 3.8) is 0 Å². The van der Waals surface area contributed by atoms with E-state index in [1.165, 1.54) is 18.3 Å². The molecule has 0 radical (unpaired) electrons. The second kappa shape index (κ2) is 9.56. The summed E-state index contributed by atoms with van der Waals surface area (Å²) in [5.41, 5.74) is 3.00. The molecule has 1 aliphatic heterocycles. The first-order valence-corrected chi connectivity index (χ1v) is 10.0. The lowest BCUT2D eigenvalue weighted by atomic mass is 10.0. The third kappa shape index (κ3) is 5.37. The Hall–Kier alpha value is -3.47. The van der Waals surface area contributed by atoms with Crippen LogP contribution in [0.15, 0.2) is 46.0 Å². The number of hydrazone groups is 1. The van der Waals surface area contributed by atoms with Gasteiger partial charge in [-0.25, -0.2) is 5.43 Å². The van der Waals surface area contributed by atoms with Crippen LogP contribution in [0.4, 0.5) is 5.69 Å². The number of nitrogens with zero attached hydrogens (tertiary/aromatic N) is 2. The van der Waals surface area contributed by atoms with Crippen molar-refractivity contribution >= 4 is 39.6 Å². The molecule has 2 N–H and O–H groups in total. The minimum absolute atomic E-state index is 0.0942. The standard InChI is InChI=1S/C20H19BrN4O6/c1-11(2)18(23-19(26)13-4-6-16-17(8-13)31-10-30-16)20(27)24-22-9-12-3-5-14(21)15(7-12)25(28)29/h3-9,11,18H,10H2,1-2H3,(H,23,26)(H,24,27)/b22-9+. The Labute approximate surface area is 185 Å². The molecule has 0 fully saturated rings. The van der Waals surface area contributed by atoms with E-state index in [-0.39, 0.29) is 18.4 Å². The molecule has 0 aliphatic carbocycles. The molecule has 11 heteroatoms. The van der Waals surface area contributed by atoms with Crippen LogP contribution in [-0.4, -0.2) is 35.8 Å². The van der Waals surface area contributed by atoms with Crippen LogP contribution in [-0.2, 0) is 4.79 Å². The number of ether oxygens (including phenoxy) is 2. The molecule has 2 aromatic rings. The van der Waals surface area contributed by atoms with Crippen molar-refractivity contribution in [2.75, 3.05) is 6.79 Å². The summed E-state index contributed by atoms with van der Waals surface area (Å²) in [7, 11) is 0. The molecule has 31 heavy (non-hydrogen) atoms. The molecule has 10 nitrogen and oxygen atoms in total. The minimum atomic E-state index is -0.852. The highest BCUT2D eigenvalue weighted by molar-refractivity contribution is 9.10. The molecule has 2 aromatic carbocycles. The Morgan fingerprint density at radius 3 is 2.65 bits per heavy atom. The predicted octanol–water partition coefficient (Wildman–Crippen LogP) is 2.99. The van der Waals surface area contributed by atoms with Gasteiger partial charge in [-0.3, -0.25) is 19.7 Å². The van der Waals surface area contributed by atoms with Crippen molar-refractivity contribution in [3.05, 3.63) is 62.1 Å². The number of hydrogen-bond acceptors (Lipinski definition) is 7. The predicted molar refractivity (Wildman–Crippen MR) is 115 cm³/mol. The second-order valence-electron chi connectivity index (χ2n) is 6.97. The summed E-state index contributed by atoms with van der Waals surface area (Å²) in [5.74, 6) is -0.169. The maximum absolute atomic E-state index is 12.6. The minimum Gasteiger partial charge on any atom is -0.454 e. The van der Waals surface area contributed by atoms with E-state index >= 15 is 0 Å². The van der Waals surface area contributed by atoms with E-state index in [4.69, 9.17) is 9.47 Å². The smallest absolute Gasteiger partial charge is 0.284 e. The highest BCUT2D eigenvalue weighted by Gasteiger charge is 2.25. The molecule has 162 valence electrons. The zero-order valence-electron chi connectivity index (χ0n) is 16.6. The molecule has 0 saturated carbocycles. The van der Waals surface area contributed by atoms with Crippen LogP contribution in [0.5, 0.6) is 11.5 Å². The normalized spacial score (nSPS) is 13.3. The molecular formula is C20H19BrN4O6. The third-order valence-corrected chi connectivity index (χ3v) is 5.10. The first-order chi connectivity index (χ1) is 14.8. The third-order valence-electron chi connectivity index (χ3n) is 4.43. The molecule has 1 heterocycles. The molecule has 1 atom stereocenters. The van der Waals surface area contributed by atoms with Crippen molar-refractivity contribution in [3.8, 4) is 11.5 Å². The first-order valence-electron chi connectivity index (χ1n) is 9.23. The largest absolute Gasteiger partial charge is 0.454 e. The Morgan fingerprint density at radius 2 is 1.94 bits per heavy atom. The van der Waals surface area contributed by atoms with Gasteiger partial charge in [-0.2, -0.15) is 5.10 Å². The van der Waals surface area contributed by atoms with Gasteiger partial charge in [-0.15, -0.1) is 0 Å². The van der Waals surface area contributed by atoms with Crippen molar-refractivity contribution in [2.45, 2.75) is 19.9 Å². The summed E-state index contributed by atoms with van der Waals surface area (Å²) in [5, 5.41) is 17.5. The van der Waals surface area contributed by atoms with Gasteiger partial charge in [0.25, 0.3) is 17.5 Å². The molecule has 0 saturated heterocycles. The number of nitrogens with one attached hydrogen (secondary N) is 2. The number of benzene rings is 2. The van der Waals surface area contributed by atoms with Crippen LogP contribution in [0.25, 0.3) is 0 Å². The van der Waals surface area contributed by atoms with Gasteiger partial charge < -0.3 is 14.8 Å². The van der Waals surface area contributed by atoms with Crippen molar-refractivity contribution in [1.29, 1.82) is 0 Å². The average Bonchev–Trinajstić information content (AvgIpc) is 3.20. The van der Waals surface area contributed by atoms with E-state index in [1.54, 1.807) is 38.1 Å². The monoisotopic (exact) mass is 490 g/mol. The second-order valence-corrected chi connectivity index (χ2v) is 7.82. The molecule has 1 aliphatic rings. The summed E-state index contributed by atoms with van der Waals surface area (Å²) in [6.45, 7) is 3.66. The van der Waals surface area contributed by atoms with E-state index < -0.39 is 22.8 Å². The van der Waals surface area contributed by atoms with E-state index in [2.05, 4.69) is 31.8 Å². The van der Waals surface area contributed by atoms with Gasteiger partial charge in [0.2, 0.25) is 6.79 Å². The average molecular weight is 491 g/mol. The van der Waals surface area contributed by atoms with Gasteiger partial charge in [-0.1, -0.05) is 19.9 Å². The van der Waals surface area contributed by atoms with Crippen LogP contribution in [0.2, 0.25) is 0 Å². The van der Waals surface area contributed by atoms with E-state index in [0.717, 1.165) is 0 Å². The highest BCUT2D eigenvalue weighted by atomic mass is 79.9. The number of rotatable bonds is 7. The molecule has 3 rings (SSSR count). The van der Waals surface area contributed by atoms with Crippen LogP contribution in [0.3, 0.4) is 0 Å². The number of halogens is 1. The fourth-order valence-corrected chi connectivity index (χ4v) is 3.18. The number of carbonyl (C=O) groups is 2. The zero-order valence-corrected chi connectivity index (χ0v) is 18.2. The van der Waals surface area contributed by atoms with Crippen LogP contribution in [0.1, 0.15) is 29.8 Å². The number of fused-ring (bicyclic) bond motifs is 1. The lowest BCUT2D eigenvalue weighted by molar-refractivity contribution is -0.385. The number of amides is 2. The molecule has 2 amide bonds. The van der Waals surface area contributed by atoms with E-state index in [1.807, 2.05) is 0 Å².